The van der Waals surface area contributed by atoms with Crippen LogP contribution in [-0.4, -0.2) is 26.2 Å². The fourth-order valence-corrected chi connectivity index (χ4v) is 3.18. The molecular weight excluding hydrogens is 286 g/mol. The van der Waals surface area contributed by atoms with Crippen molar-refractivity contribution in [2.45, 2.75) is 13.0 Å². The number of aromatic nitrogens is 1. The Hall–Kier alpha value is -1.92. The van der Waals surface area contributed by atoms with E-state index in [1.807, 2.05) is 24.3 Å². The van der Waals surface area contributed by atoms with Crippen LogP contribution in [0.25, 0.3) is 0 Å². The molecule has 1 heterocycles. The van der Waals surface area contributed by atoms with Gasteiger partial charge in [-0.3, -0.25) is 9.29 Å². The number of hydrogen-bond donors (Lipinski definition) is 1. The number of sulfonamides is 1. The Morgan fingerprint density at radius 3 is 2.52 bits per heavy atom. The lowest BCUT2D eigenvalue weighted by Crippen LogP contribution is -2.29. The Morgan fingerprint density at radius 1 is 1.14 bits per heavy atom. The molecule has 1 aromatic heterocycles. The van der Waals surface area contributed by atoms with Crippen LogP contribution in [0, 0.1) is 0 Å². The van der Waals surface area contributed by atoms with Gasteiger partial charge in [0.2, 0.25) is 10.0 Å². The van der Waals surface area contributed by atoms with E-state index in [2.05, 4.69) is 4.98 Å². The summed E-state index contributed by atoms with van der Waals surface area (Å²) in [5.74, 6) is 0.0559. The molecule has 0 unspecified atom stereocenters. The van der Waals surface area contributed by atoms with Crippen molar-refractivity contribution in [3.05, 3.63) is 59.9 Å². The molecule has 2 N–H and O–H groups in total. The molecule has 1 aromatic carbocycles. The fraction of sp³-hybridized carbons (Fsp3) is 0.267. The third-order valence-corrected chi connectivity index (χ3v) is 5.09. The minimum atomic E-state index is -3.36. The van der Waals surface area contributed by atoms with Gasteiger partial charge in [0, 0.05) is 26.0 Å². The summed E-state index contributed by atoms with van der Waals surface area (Å²) < 4.78 is 26.1. The second-order valence-electron chi connectivity index (χ2n) is 4.76. The lowest BCUT2D eigenvalue weighted by Gasteiger charge is -2.20. The molecule has 0 spiro atoms. The standard InChI is InChI=1S/C15H19N3O2S/c1-18(15-4-2-3-14(11-15)12-16)21(19,20)10-7-13-5-8-17-9-6-13/h2-6,8-9,11H,7,10,12,16H2,1H3. The zero-order valence-corrected chi connectivity index (χ0v) is 12.8. The van der Waals surface area contributed by atoms with Crippen LogP contribution in [0.5, 0.6) is 0 Å². The van der Waals surface area contributed by atoms with Crippen molar-refractivity contribution < 1.29 is 8.42 Å². The first-order chi connectivity index (χ1) is 10.0. The Bertz CT molecular complexity index is 687. The molecule has 2 rings (SSSR count). The molecule has 0 aliphatic carbocycles. The van der Waals surface area contributed by atoms with E-state index in [1.165, 1.54) is 4.31 Å². The quantitative estimate of drug-likeness (QED) is 0.878. The van der Waals surface area contributed by atoms with Crippen LogP contribution in [0.4, 0.5) is 5.69 Å². The Balaban J connectivity index is 2.11. The molecular formula is C15H19N3O2S. The van der Waals surface area contributed by atoms with Crippen LogP contribution < -0.4 is 10.0 Å². The highest BCUT2D eigenvalue weighted by Crippen LogP contribution is 2.18. The average molecular weight is 305 g/mol. The normalized spacial score (nSPS) is 11.3. The molecule has 6 heteroatoms. The molecule has 0 aliphatic heterocycles. The first-order valence-corrected chi connectivity index (χ1v) is 8.28. The van der Waals surface area contributed by atoms with E-state index >= 15 is 0 Å². The van der Waals surface area contributed by atoms with Crippen molar-refractivity contribution >= 4 is 15.7 Å². The van der Waals surface area contributed by atoms with Gasteiger partial charge in [0.25, 0.3) is 0 Å². The third kappa shape index (κ3) is 4.03. The smallest absolute Gasteiger partial charge is 0.235 e. The maximum absolute atomic E-state index is 12.4. The molecule has 0 amide bonds. The number of pyridine rings is 1. The summed E-state index contributed by atoms with van der Waals surface area (Å²) in [5, 5.41) is 0. The zero-order valence-electron chi connectivity index (χ0n) is 11.9. The summed E-state index contributed by atoms with van der Waals surface area (Å²) in [4.78, 5) is 3.92. The lowest BCUT2D eigenvalue weighted by molar-refractivity contribution is 0.593. The highest BCUT2D eigenvalue weighted by Gasteiger charge is 2.18. The Morgan fingerprint density at radius 2 is 1.86 bits per heavy atom. The molecule has 0 atom stereocenters. The largest absolute Gasteiger partial charge is 0.326 e. The number of hydrogen-bond acceptors (Lipinski definition) is 4. The van der Waals surface area contributed by atoms with Crippen molar-refractivity contribution in [2.24, 2.45) is 5.73 Å². The molecule has 112 valence electrons. The summed E-state index contributed by atoms with van der Waals surface area (Å²) in [6, 6.07) is 10.9. The molecule has 0 aliphatic rings. The van der Waals surface area contributed by atoms with Gasteiger partial charge in [0.1, 0.15) is 0 Å². The first-order valence-electron chi connectivity index (χ1n) is 6.67. The van der Waals surface area contributed by atoms with Crippen LogP contribution in [0.3, 0.4) is 0 Å². The van der Waals surface area contributed by atoms with Gasteiger partial charge in [-0.15, -0.1) is 0 Å². The molecule has 2 aromatic rings. The minimum absolute atomic E-state index is 0.0559. The molecule has 0 bridgehead atoms. The van der Waals surface area contributed by atoms with Gasteiger partial charge >= 0.3 is 0 Å². The van der Waals surface area contributed by atoms with E-state index in [1.54, 1.807) is 31.6 Å². The number of nitrogens with two attached hydrogens (primary N) is 1. The summed E-state index contributed by atoms with van der Waals surface area (Å²) in [7, 11) is -1.80. The van der Waals surface area contributed by atoms with Gasteiger partial charge < -0.3 is 5.73 Å². The van der Waals surface area contributed by atoms with Gasteiger partial charge in [0.05, 0.1) is 11.4 Å². The number of aryl methyl sites for hydroxylation is 1. The number of nitrogens with zero attached hydrogens (tertiary/aromatic N) is 2. The summed E-state index contributed by atoms with van der Waals surface area (Å²) in [6.07, 6.45) is 3.79. The minimum Gasteiger partial charge on any atom is -0.326 e. The summed E-state index contributed by atoms with van der Waals surface area (Å²) in [5.41, 5.74) is 8.08. The Labute approximate surface area is 125 Å². The van der Waals surface area contributed by atoms with Crippen LogP contribution in [0.2, 0.25) is 0 Å². The monoisotopic (exact) mass is 305 g/mol. The van der Waals surface area contributed by atoms with Crippen LogP contribution in [0.1, 0.15) is 11.1 Å². The van der Waals surface area contributed by atoms with Gasteiger partial charge in [-0.05, 0) is 41.8 Å². The SMILES string of the molecule is CN(c1cccc(CN)c1)S(=O)(=O)CCc1ccncc1. The van der Waals surface area contributed by atoms with Crippen molar-refractivity contribution in [3.8, 4) is 0 Å². The first kappa shape index (κ1) is 15.5. The van der Waals surface area contributed by atoms with E-state index in [9.17, 15) is 8.42 Å². The highest BCUT2D eigenvalue weighted by molar-refractivity contribution is 7.92. The number of benzene rings is 1. The molecule has 0 saturated carbocycles. The third-order valence-electron chi connectivity index (χ3n) is 3.33. The van der Waals surface area contributed by atoms with Crippen molar-refractivity contribution in [1.82, 2.24) is 4.98 Å². The van der Waals surface area contributed by atoms with E-state index < -0.39 is 10.0 Å². The number of anilines is 1. The Kier molecular flexibility index (Phi) is 4.93. The average Bonchev–Trinajstić information content (AvgIpc) is 2.53. The van der Waals surface area contributed by atoms with Gasteiger partial charge in [-0.2, -0.15) is 0 Å². The predicted octanol–water partition coefficient (Wildman–Crippen LogP) is 1.55. The molecule has 5 nitrogen and oxygen atoms in total. The van der Waals surface area contributed by atoms with Crippen LogP contribution >= 0.6 is 0 Å². The molecule has 0 saturated heterocycles. The molecule has 0 fully saturated rings. The van der Waals surface area contributed by atoms with E-state index in [-0.39, 0.29) is 5.75 Å². The summed E-state index contributed by atoms with van der Waals surface area (Å²) >= 11 is 0. The van der Waals surface area contributed by atoms with Gasteiger partial charge in [-0.1, -0.05) is 12.1 Å². The topological polar surface area (TPSA) is 76.3 Å². The molecule has 0 radical (unpaired) electrons. The van der Waals surface area contributed by atoms with Gasteiger partial charge in [-0.25, -0.2) is 8.42 Å². The predicted molar refractivity (Wildman–Crippen MR) is 84.5 cm³/mol. The second kappa shape index (κ2) is 6.69. The second-order valence-corrected chi connectivity index (χ2v) is 6.88. The zero-order chi connectivity index (χ0) is 15.3. The van der Waals surface area contributed by atoms with E-state index in [0.29, 0.717) is 18.7 Å². The van der Waals surface area contributed by atoms with Crippen LogP contribution in [-0.2, 0) is 23.0 Å². The number of rotatable bonds is 6. The van der Waals surface area contributed by atoms with Crippen molar-refractivity contribution in [3.63, 3.8) is 0 Å². The van der Waals surface area contributed by atoms with Gasteiger partial charge in [0.15, 0.2) is 0 Å². The van der Waals surface area contributed by atoms with Crippen LogP contribution in [0.15, 0.2) is 48.8 Å². The van der Waals surface area contributed by atoms with E-state index in [0.717, 1.165) is 11.1 Å². The fourth-order valence-electron chi connectivity index (χ4n) is 1.97. The lowest BCUT2D eigenvalue weighted by atomic mass is 10.2. The maximum Gasteiger partial charge on any atom is 0.235 e. The summed E-state index contributed by atoms with van der Waals surface area (Å²) in [6.45, 7) is 0.388. The van der Waals surface area contributed by atoms with E-state index in [4.69, 9.17) is 5.73 Å². The molecule has 21 heavy (non-hydrogen) atoms. The maximum atomic E-state index is 12.4. The highest BCUT2D eigenvalue weighted by atomic mass is 32.2. The van der Waals surface area contributed by atoms with Crippen molar-refractivity contribution in [1.29, 1.82) is 0 Å². The van der Waals surface area contributed by atoms with Crippen molar-refractivity contribution in [2.75, 3.05) is 17.1 Å².